The van der Waals surface area contributed by atoms with Gasteiger partial charge in [-0.15, -0.1) is 0 Å². The van der Waals surface area contributed by atoms with Gasteiger partial charge < -0.3 is 14.5 Å². The number of ether oxygens (including phenoxy) is 1. The average molecular weight is 354 g/mol. The lowest BCUT2D eigenvalue weighted by Gasteiger charge is -2.49. The van der Waals surface area contributed by atoms with E-state index in [9.17, 15) is 4.79 Å². The van der Waals surface area contributed by atoms with Crippen molar-refractivity contribution in [2.75, 3.05) is 33.3 Å². The molecule has 1 unspecified atom stereocenters. The predicted octanol–water partition coefficient (Wildman–Crippen LogP) is 2.52. The van der Waals surface area contributed by atoms with Gasteiger partial charge in [0, 0.05) is 30.6 Å². The van der Waals surface area contributed by atoms with Crippen molar-refractivity contribution in [1.82, 2.24) is 20.0 Å². The van der Waals surface area contributed by atoms with Crippen LogP contribution < -0.4 is 4.74 Å². The van der Waals surface area contributed by atoms with Crippen molar-refractivity contribution < 1.29 is 9.53 Å². The Hall–Kier alpha value is -2.08. The molecule has 1 saturated carbocycles. The number of nitrogens with zero attached hydrogens (tertiary/aromatic N) is 3. The quantitative estimate of drug-likeness (QED) is 0.896. The van der Waals surface area contributed by atoms with E-state index in [1.54, 1.807) is 7.11 Å². The van der Waals surface area contributed by atoms with Crippen LogP contribution in [0.2, 0.25) is 0 Å². The standard InChI is InChI=1S/C20H26N4O2/c1-26-15-4-5-16-17(10-15)21-22-19(16)20(25)24(11-13-2-3-13)18-12-23-8-6-14(18)7-9-23/h4-5,10,13-14,18H,2-3,6-9,11-12H2,1H3,(H,21,22). The van der Waals surface area contributed by atoms with Crippen molar-refractivity contribution in [3.8, 4) is 5.75 Å². The predicted molar refractivity (Wildman–Crippen MR) is 99.4 cm³/mol. The summed E-state index contributed by atoms with van der Waals surface area (Å²) in [5, 5.41) is 8.29. The smallest absolute Gasteiger partial charge is 0.275 e. The first-order valence-corrected chi connectivity index (χ1v) is 9.78. The Morgan fingerprint density at radius 3 is 2.77 bits per heavy atom. The van der Waals surface area contributed by atoms with Crippen molar-refractivity contribution in [1.29, 1.82) is 0 Å². The third-order valence-corrected chi connectivity index (χ3v) is 6.41. The molecule has 6 rings (SSSR count). The maximum atomic E-state index is 13.5. The molecule has 3 saturated heterocycles. The van der Waals surface area contributed by atoms with E-state index in [0.717, 1.165) is 29.7 Å². The molecule has 6 heteroatoms. The van der Waals surface area contributed by atoms with Crippen LogP contribution in [0.25, 0.3) is 10.9 Å². The fourth-order valence-corrected chi connectivity index (χ4v) is 4.66. The van der Waals surface area contributed by atoms with E-state index in [1.807, 2.05) is 18.2 Å². The number of aromatic amines is 1. The molecule has 0 spiro atoms. The van der Waals surface area contributed by atoms with Crippen molar-refractivity contribution in [3.05, 3.63) is 23.9 Å². The molecular formula is C20H26N4O2. The largest absolute Gasteiger partial charge is 0.497 e. The third-order valence-electron chi connectivity index (χ3n) is 6.41. The topological polar surface area (TPSA) is 61.5 Å². The van der Waals surface area contributed by atoms with Crippen LogP contribution in [-0.4, -0.2) is 65.2 Å². The van der Waals surface area contributed by atoms with Crippen LogP contribution in [0.5, 0.6) is 5.75 Å². The number of piperidine rings is 3. The number of amides is 1. The van der Waals surface area contributed by atoms with Gasteiger partial charge in [0.15, 0.2) is 5.69 Å². The molecule has 1 aromatic heterocycles. The van der Waals surface area contributed by atoms with Crippen molar-refractivity contribution in [2.45, 2.75) is 31.7 Å². The number of benzene rings is 1. The number of nitrogens with one attached hydrogen (secondary N) is 1. The minimum Gasteiger partial charge on any atom is -0.497 e. The monoisotopic (exact) mass is 354 g/mol. The molecule has 1 amide bonds. The molecule has 0 radical (unpaired) electrons. The molecule has 1 atom stereocenters. The van der Waals surface area contributed by atoms with E-state index >= 15 is 0 Å². The highest BCUT2D eigenvalue weighted by Crippen LogP contribution is 2.36. The molecule has 4 aliphatic rings. The maximum Gasteiger partial charge on any atom is 0.275 e. The number of hydrogen-bond acceptors (Lipinski definition) is 4. The Kier molecular flexibility index (Phi) is 3.89. The second-order valence-electron chi connectivity index (χ2n) is 8.09. The van der Waals surface area contributed by atoms with Crippen LogP contribution >= 0.6 is 0 Å². The second-order valence-corrected chi connectivity index (χ2v) is 8.09. The van der Waals surface area contributed by atoms with Crippen molar-refractivity contribution >= 4 is 16.8 Å². The van der Waals surface area contributed by atoms with Gasteiger partial charge in [-0.3, -0.25) is 9.89 Å². The Bertz CT molecular complexity index is 820. The van der Waals surface area contributed by atoms with E-state index in [1.165, 1.54) is 38.8 Å². The van der Waals surface area contributed by atoms with Gasteiger partial charge in [0.05, 0.1) is 12.6 Å². The Balaban J connectivity index is 1.47. The number of carbonyl (C=O) groups excluding carboxylic acids is 1. The van der Waals surface area contributed by atoms with E-state index < -0.39 is 0 Å². The lowest BCUT2D eigenvalue weighted by Crippen LogP contribution is -2.59. The first-order chi connectivity index (χ1) is 12.7. The lowest BCUT2D eigenvalue weighted by molar-refractivity contribution is 0.00577. The molecule has 6 nitrogen and oxygen atoms in total. The van der Waals surface area contributed by atoms with Crippen LogP contribution in [0.4, 0.5) is 0 Å². The number of rotatable bonds is 5. The zero-order valence-electron chi connectivity index (χ0n) is 15.3. The number of aromatic nitrogens is 2. The zero-order chi connectivity index (χ0) is 17.7. The van der Waals surface area contributed by atoms with Crippen LogP contribution in [0.15, 0.2) is 18.2 Å². The van der Waals surface area contributed by atoms with Gasteiger partial charge in [0.25, 0.3) is 5.91 Å². The number of carbonyl (C=O) groups is 1. The van der Waals surface area contributed by atoms with Crippen molar-refractivity contribution in [3.63, 3.8) is 0 Å². The number of H-pyrrole nitrogens is 1. The van der Waals surface area contributed by atoms with E-state index in [4.69, 9.17) is 4.74 Å². The van der Waals surface area contributed by atoms with Gasteiger partial charge in [-0.2, -0.15) is 5.10 Å². The maximum absolute atomic E-state index is 13.5. The number of fused-ring (bicyclic) bond motifs is 4. The van der Waals surface area contributed by atoms with Gasteiger partial charge in [-0.25, -0.2) is 0 Å². The normalized spacial score (nSPS) is 27.7. The third kappa shape index (κ3) is 2.76. The SMILES string of the molecule is COc1ccc2c(C(=O)N(CC3CC3)C3CN4CCC3CC4)n[nH]c2c1. The van der Waals surface area contributed by atoms with Gasteiger partial charge in [0.2, 0.25) is 0 Å². The van der Waals surface area contributed by atoms with Gasteiger partial charge in [0.1, 0.15) is 5.75 Å². The summed E-state index contributed by atoms with van der Waals surface area (Å²) in [4.78, 5) is 18.2. The molecule has 4 heterocycles. The second kappa shape index (κ2) is 6.27. The Labute approximate surface area is 153 Å². The fraction of sp³-hybridized carbons (Fsp3) is 0.600. The molecule has 1 aliphatic carbocycles. The minimum absolute atomic E-state index is 0.0899. The summed E-state index contributed by atoms with van der Waals surface area (Å²) in [5.41, 5.74) is 1.41. The van der Waals surface area contributed by atoms with Gasteiger partial charge >= 0.3 is 0 Å². The molecular weight excluding hydrogens is 328 g/mol. The lowest BCUT2D eigenvalue weighted by atomic mass is 9.83. The molecule has 2 aromatic rings. The molecule has 26 heavy (non-hydrogen) atoms. The number of methoxy groups -OCH3 is 1. The van der Waals surface area contributed by atoms with Crippen LogP contribution in [-0.2, 0) is 0 Å². The van der Waals surface area contributed by atoms with Gasteiger partial charge in [-0.05, 0) is 62.7 Å². The minimum atomic E-state index is 0.0899. The van der Waals surface area contributed by atoms with E-state index in [2.05, 4.69) is 20.0 Å². The van der Waals surface area contributed by atoms with Crippen LogP contribution in [0, 0.1) is 11.8 Å². The van der Waals surface area contributed by atoms with E-state index in [-0.39, 0.29) is 5.91 Å². The highest BCUT2D eigenvalue weighted by atomic mass is 16.5. The first-order valence-electron chi connectivity index (χ1n) is 9.78. The molecule has 2 bridgehead atoms. The molecule has 1 aromatic carbocycles. The van der Waals surface area contributed by atoms with Crippen LogP contribution in [0.3, 0.4) is 0 Å². The average Bonchev–Trinajstić information content (AvgIpc) is 3.42. The van der Waals surface area contributed by atoms with Gasteiger partial charge in [-0.1, -0.05) is 0 Å². The fourth-order valence-electron chi connectivity index (χ4n) is 4.66. The van der Waals surface area contributed by atoms with Crippen molar-refractivity contribution in [2.24, 2.45) is 11.8 Å². The molecule has 3 aliphatic heterocycles. The number of hydrogen-bond donors (Lipinski definition) is 1. The summed E-state index contributed by atoms with van der Waals surface area (Å²) in [5.74, 6) is 2.19. The summed E-state index contributed by atoms with van der Waals surface area (Å²) >= 11 is 0. The Morgan fingerprint density at radius 2 is 2.12 bits per heavy atom. The van der Waals surface area contributed by atoms with E-state index in [0.29, 0.717) is 23.6 Å². The summed E-state index contributed by atoms with van der Waals surface area (Å²) in [6.07, 6.45) is 4.95. The molecule has 138 valence electrons. The molecule has 1 N–H and O–H groups in total. The molecule has 4 fully saturated rings. The first kappa shape index (κ1) is 16.1. The summed E-state index contributed by atoms with van der Waals surface area (Å²) < 4.78 is 5.28. The highest BCUT2D eigenvalue weighted by Gasteiger charge is 2.42. The summed E-state index contributed by atoms with van der Waals surface area (Å²) in [6.45, 7) is 4.30. The zero-order valence-corrected chi connectivity index (χ0v) is 15.3. The highest BCUT2D eigenvalue weighted by molar-refractivity contribution is 6.05. The Morgan fingerprint density at radius 1 is 1.31 bits per heavy atom. The summed E-state index contributed by atoms with van der Waals surface area (Å²) in [7, 11) is 1.65. The summed E-state index contributed by atoms with van der Waals surface area (Å²) in [6, 6.07) is 6.08. The van der Waals surface area contributed by atoms with Crippen LogP contribution in [0.1, 0.15) is 36.2 Å².